The van der Waals surface area contributed by atoms with Crippen LogP contribution in [0.15, 0.2) is 53.0 Å². The molecule has 0 saturated carbocycles. The van der Waals surface area contributed by atoms with Crippen LogP contribution in [0.4, 0.5) is 10.1 Å². The normalized spacial score (nSPS) is 15.4. The highest BCUT2D eigenvalue weighted by Crippen LogP contribution is 2.20. The molecule has 1 heterocycles. The molecule has 2 amide bonds. The fraction of sp³-hybridized carbons (Fsp3) is 0.391. The molecule has 1 unspecified atom stereocenters. The molecule has 1 aliphatic rings. The third-order valence-electron chi connectivity index (χ3n) is 5.35. The van der Waals surface area contributed by atoms with Crippen LogP contribution in [0.5, 0.6) is 0 Å². The lowest BCUT2D eigenvalue weighted by Crippen LogP contribution is -2.48. The van der Waals surface area contributed by atoms with Gasteiger partial charge in [0.2, 0.25) is 11.8 Å². The van der Waals surface area contributed by atoms with Crippen molar-refractivity contribution in [2.24, 2.45) is 0 Å². The molecule has 1 atom stereocenters. The average molecular weight is 491 g/mol. The zero-order chi connectivity index (χ0) is 22.2. The molecular weight excluding hydrogens is 463 g/mol. The van der Waals surface area contributed by atoms with Gasteiger partial charge in [-0.05, 0) is 42.0 Å². The number of halogens is 2. The van der Waals surface area contributed by atoms with E-state index in [0.29, 0.717) is 6.54 Å². The summed E-state index contributed by atoms with van der Waals surface area (Å²) in [6, 6.07) is 13.8. The number of piperazine rings is 1. The van der Waals surface area contributed by atoms with Gasteiger partial charge >= 0.3 is 0 Å². The molecule has 2 aromatic carbocycles. The van der Waals surface area contributed by atoms with E-state index in [0.717, 1.165) is 48.4 Å². The van der Waals surface area contributed by atoms with E-state index in [-0.39, 0.29) is 30.1 Å². The van der Waals surface area contributed by atoms with Gasteiger partial charge in [-0.25, -0.2) is 4.39 Å². The van der Waals surface area contributed by atoms with Crippen molar-refractivity contribution in [3.8, 4) is 0 Å². The first-order valence-electron chi connectivity index (χ1n) is 10.4. The second-order valence-electron chi connectivity index (χ2n) is 7.66. The van der Waals surface area contributed by atoms with E-state index in [9.17, 15) is 14.0 Å². The molecule has 0 aromatic heterocycles. The number of anilines is 1. The number of nitrogens with one attached hydrogen (secondary N) is 2. The lowest BCUT2D eigenvalue weighted by atomic mass is 10.0. The Labute approximate surface area is 190 Å². The summed E-state index contributed by atoms with van der Waals surface area (Å²) in [6.45, 7) is 6.30. The number of carbonyl (C=O) groups is 2. The highest BCUT2D eigenvalue weighted by atomic mass is 79.9. The number of amides is 2. The molecule has 0 spiro atoms. The summed E-state index contributed by atoms with van der Waals surface area (Å²) < 4.78 is 14.0. The maximum absolute atomic E-state index is 13.1. The van der Waals surface area contributed by atoms with Crippen molar-refractivity contribution in [1.82, 2.24) is 15.5 Å². The molecule has 2 N–H and O–H groups in total. The lowest BCUT2D eigenvalue weighted by Gasteiger charge is -2.36. The van der Waals surface area contributed by atoms with E-state index in [2.05, 4.69) is 36.4 Å². The van der Waals surface area contributed by atoms with E-state index >= 15 is 0 Å². The number of hydrogen-bond acceptors (Lipinski definition) is 4. The van der Waals surface area contributed by atoms with Crippen molar-refractivity contribution in [1.29, 1.82) is 0 Å². The Morgan fingerprint density at radius 1 is 1.03 bits per heavy atom. The molecule has 31 heavy (non-hydrogen) atoms. The van der Waals surface area contributed by atoms with Gasteiger partial charge in [0.25, 0.3) is 0 Å². The molecular formula is C23H28BrFN4O2. The molecule has 3 rings (SSSR count). The zero-order valence-corrected chi connectivity index (χ0v) is 19.2. The minimum Gasteiger partial charge on any atom is -0.369 e. The minimum absolute atomic E-state index is 0.0911. The van der Waals surface area contributed by atoms with Crippen LogP contribution in [-0.4, -0.2) is 56.0 Å². The summed E-state index contributed by atoms with van der Waals surface area (Å²) in [5.74, 6) is -0.481. The SMILES string of the molecule is CC(=O)NC(CC(=O)NCCN1CCN(c2ccc(F)cc2)CC1)c1ccc(Br)cc1. The van der Waals surface area contributed by atoms with Gasteiger partial charge in [-0.1, -0.05) is 28.1 Å². The van der Waals surface area contributed by atoms with Gasteiger partial charge in [0, 0.05) is 56.4 Å². The van der Waals surface area contributed by atoms with Gasteiger partial charge < -0.3 is 15.5 Å². The van der Waals surface area contributed by atoms with E-state index in [1.807, 2.05) is 36.4 Å². The second-order valence-corrected chi connectivity index (χ2v) is 8.58. The van der Waals surface area contributed by atoms with Gasteiger partial charge in [-0.2, -0.15) is 0 Å². The number of benzene rings is 2. The van der Waals surface area contributed by atoms with E-state index in [1.165, 1.54) is 19.1 Å². The maximum atomic E-state index is 13.1. The highest BCUT2D eigenvalue weighted by molar-refractivity contribution is 9.10. The molecule has 1 aliphatic heterocycles. The lowest BCUT2D eigenvalue weighted by molar-refractivity contribution is -0.122. The molecule has 8 heteroatoms. The first-order chi connectivity index (χ1) is 14.9. The van der Waals surface area contributed by atoms with Gasteiger partial charge in [-0.15, -0.1) is 0 Å². The van der Waals surface area contributed by atoms with Crippen LogP contribution in [0.1, 0.15) is 24.9 Å². The summed E-state index contributed by atoms with van der Waals surface area (Å²) in [6.07, 6.45) is 0.194. The van der Waals surface area contributed by atoms with Gasteiger partial charge in [0.1, 0.15) is 5.82 Å². The van der Waals surface area contributed by atoms with Crippen molar-refractivity contribution in [3.63, 3.8) is 0 Å². The third kappa shape index (κ3) is 7.33. The summed E-state index contributed by atoms with van der Waals surface area (Å²) in [4.78, 5) is 28.6. The molecule has 1 saturated heterocycles. The van der Waals surface area contributed by atoms with Crippen LogP contribution in [-0.2, 0) is 9.59 Å². The summed E-state index contributed by atoms with van der Waals surface area (Å²) in [7, 11) is 0. The van der Waals surface area contributed by atoms with Crippen molar-refractivity contribution in [3.05, 3.63) is 64.4 Å². The largest absolute Gasteiger partial charge is 0.369 e. The molecule has 0 aliphatic carbocycles. The Bertz CT molecular complexity index is 868. The van der Waals surface area contributed by atoms with Crippen LogP contribution in [0.25, 0.3) is 0 Å². The summed E-state index contributed by atoms with van der Waals surface area (Å²) in [5, 5.41) is 5.82. The van der Waals surface area contributed by atoms with E-state index in [4.69, 9.17) is 0 Å². The standard InChI is InChI=1S/C23H28BrFN4O2/c1-17(30)27-22(18-2-4-19(24)5-3-18)16-23(31)26-10-11-28-12-14-29(15-13-28)21-8-6-20(25)7-9-21/h2-9,22H,10-16H2,1H3,(H,26,31)(H,27,30). The molecule has 2 aromatic rings. The van der Waals surface area contributed by atoms with Crippen molar-refractivity contribution < 1.29 is 14.0 Å². The van der Waals surface area contributed by atoms with Gasteiger partial charge in [0.15, 0.2) is 0 Å². The zero-order valence-electron chi connectivity index (χ0n) is 17.6. The maximum Gasteiger partial charge on any atom is 0.222 e. The van der Waals surface area contributed by atoms with E-state index < -0.39 is 0 Å². The highest BCUT2D eigenvalue weighted by Gasteiger charge is 2.19. The number of nitrogens with zero attached hydrogens (tertiary/aromatic N) is 2. The predicted octanol–water partition coefficient (Wildman–Crippen LogP) is 3.09. The minimum atomic E-state index is -0.357. The average Bonchev–Trinajstić information content (AvgIpc) is 2.75. The Hall–Kier alpha value is -2.45. The quantitative estimate of drug-likeness (QED) is 0.596. The molecule has 1 fully saturated rings. The summed E-state index contributed by atoms with van der Waals surface area (Å²) in [5.41, 5.74) is 1.93. The smallest absolute Gasteiger partial charge is 0.222 e. The third-order valence-corrected chi connectivity index (χ3v) is 5.88. The molecule has 6 nitrogen and oxygen atoms in total. The fourth-order valence-corrected chi connectivity index (χ4v) is 3.95. The number of hydrogen-bond donors (Lipinski definition) is 2. The first-order valence-corrected chi connectivity index (χ1v) is 11.2. The Balaban J connectivity index is 1.41. The van der Waals surface area contributed by atoms with E-state index in [1.54, 1.807) is 0 Å². The van der Waals surface area contributed by atoms with Crippen LogP contribution in [0, 0.1) is 5.82 Å². The van der Waals surface area contributed by atoms with Crippen LogP contribution in [0.3, 0.4) is 0 Å². The topological polar surface area (TPSA) is 64.7 Å². The van der Waals surface area contributed by atoms with Crippen LogP contribution >= 0.6 is 15.9 Å². The monoisotopic (exact) mass is 490 g/mol. The Kier molecular flexibility index (Phi) is 8.43. The number of rotatable bonds is 8. The van der Waals surface area contributed by atoms with Crippen LogP contribution < -0.4 is 15.5 Å². The second kappa shape index (κ2) is 11.2. The predicted molar refractivity (Wildman–Crippen MR) is 123 cm³/mol. The Morgan fingerprint density at radius 3 is 2.29 bits per heavy atom. The summed E-state index contributed by atoms with van der Waals surface area (Å²) >= 11 is 3.40. The fourth-order valence-electron chi connectivity index (χ4n) is 3.69. The first kappa shape index (κ1) is 23.2. The van der Waals surface area contributed by atoms with Gasteiger partial charge in [-0.3, -0.25) is 14.5 Å². The van der Waals surface area contributed by atoms with Crippen LogP contribution in [0.2, 0.25) is 0 Å². The number of carbonyl (C=O) groups excluding carboxylic acids is 2. The van der Waals surface area contributed by atoms with Crippen molar-refractivity contribution in [2.45, 2.75) is 19.4 Å². The Morgan fingerprint density at radius 2 is 1.68 bits per heavy atom. The molecule has 166 valence electrons. The molecule has 0 radical (unpaired) electrons. The molecule has 0 bridgehead atoms. The van der Waals surface area contributed by atoms with Crippen molar-refractivity contribution >= 4 is 33.4 Å². The van der Waals surface area contributed by atoms with Crippen molar-refractivity contribution in [2.75, 3.05) is 44.2 Å². The van der Waals surface area contributed by atoms with Gasteiger partial charge in [0.05, 0.1) is 12.5 Å².